The zero-order chi connectivity index (χ0) is 41.4. The summed E-state index contributed by atoms with van der Waals surface area (Å²) in [5.74, 6) is -0.941. The number of aliphatic imine (C=N–C) groups is 1. The fraction of sp³-hybridized carbons (Fsp3) is 0.422. The quantitative estimate of drug-likeness (QED) is 0.0958. The van der Waals surface area contributed by atoms with Crippen LogP contribution in [0.25, 0.3) is 10.8 Å². The molecule has 3 aliphatic heterocycles. The Bertz CT molecular complexity index is 2260. The summed E-state index contributed by atoms with van der Waals surface area (Å²) >= 11 is 0. The number of benzene rings is 3. The summed E-state index contributed by atoms with van der Waals surface area (Å²) in [7, 11) is 1.45. The van der Waals surface area contributed by atoms with Gasteiger partial charge in [0.25, 0.3) is 5.91 Å². The highest BCUT2D eigenvalue weighted by molar-refractivity contribution is 6.11. The van der Waals surface area contributed by atoms with Crippen LogP contribution in [0.1, 0.15) is 76.3 Å². The molecular formula is C45H49N2O12+. The Morgan fingerprint density at radius 1 is 1.10 bits per heavy atom. The molecule has 2 fully saturated rings. The Labute approximate surface area is 341 Å². The van der Waals surface area contributed by atoms with Crippen molar-refractivity contribution in [2.24, 2.45) is 4.99 Å². The predicted octanol–water partition coefficient (Wildman–Crippen LogP) is 3.80. The molecule has 1 saturated heterocycles. The molecule has 310 valence electrons. The Balaban J connectivity index is 1.08. The van der Waals surface area contributed by atoms with Crippen molar-refractivity contribution in [1.29, 1.82) is 0 Å². The van der Waals surface area contributed by atoms with Gasteiger partial charge in [-0.2, -0.15) is 4.99 Å². The van der Waals surface area contributed by atoms with Crippen LogP contribution < -0.4 is 9.47 Å². The number of carbonyl (C=O) groups excluding carboxylic acids is 2. The van der Waals surface area contributed by atoms with Crippen molar-refractivity contribution in [3.63, 3.8) is 0 Å². The van der Waals surface area contributed by atoms with Gasteiger partial charge in [-0.15, -0.1) is 0 Å². The van der Waals surface area contributed by atoms with Crippen molar-refractivity contribution < 1.29 is 59.2 Å². The number of Topliss-reactive ketones (excluding diaryl/α,β-unsaturated/α-hetero) is 1. The van der Waals surface area contributed by atoms with Gasteiger partial charge in [0, 0.05) is 48.9 Å². The van der Waals surface area contributed by atoms with Crippen molar-refractivity contribution in [2.75, 3.05) is 40.1 Å². The number of aliphatic hydroxyl groups is 5. The van der Waals surface area contributed by atoms with Crippen LogP contribution in [-0.4, -0.2) is 124 Å². The van der Waals surface area contributed by atoms with Crippen LogP contribution in [0.3, 0.4) is 0 Å². The number of aliphatic hydroxyl groups excluding tert-OH is 4. The Morgan fingerprint density at radius 3 is 2.64 bits per heavy atom. The van der Waals surface area contributed by atoms with E-state index in [1.165, 1.54) is 18.1 Å². The Kier molecular flexibility index (Phi) is 11.7. The molecule has 0 radical (unpaired) electrons. The van der Waals surface area contributed by atoms with E-state index in [1.807, 2.05) is 36.8 Å². The first-order valence-electron chi connectivity index (χ1n) is 20.1. The van der Waals surface area contributed by atoms with Crippen LogP contribution in [0, 0.1) is 6.42 Å². The lowest BCUT2D eigenvalue weighted by Crippen LogP contribution is -2.69. The summed E-state index contributed by atoms with van der Waals surface area (Å²) in [4.78, 5) is 33.6. The van der Waals surface area contributed by atoms with Gasteiger partial charge in [0.15, 0.2) is 17.1 Å². The van der Waals surface area contributed by atoms with Crippen LogP contribution in [0.4, 0.5) is 0 Å². The first kappa shape index (κ1) is 40.7. The lowest BCUT2D eigenvalue weighted by molar-refractivity contribution is -0.328. The van der Waals surface area contributed by atoms with E-state index in [0.717, 1.165) is 53.7 Å². The number of carbonyl (C=O) groups is 2. The summed E-state index contributed by atoms with van der Waals surface area (Å²) in [6.45, 7) is -1.21. The molecule has 3 aromatic carbocycles. The van der Waals surface area contributed by atoms with Gasteiger partial charge in [-0.05, 0) is 66.3 Å². The zero-order valence-electron chi connectivity index (χ0n) is 32.8. The number of fused-ring (bicyclic) bond motifs is 3. The number of amides is 1. The monoisotopic (exact) mass is 809 g/mol. The predicted molar refractivity (Wildman–Crippen MR) is 215 cm³/mol. The average Bonchev–Trinajstić information content (AvgIpc) is 4.00. The minimum absolute atomic E-state index is 0.0275. The standard InChI is InChI=1S/C45H48N2O12/c1-56-30-16-28-17-33(26-8-2-3-9-26)39(35(50)21-47-20-27-10-4-5-11-31(27)43(47)54)41(52)38(28)36(18-30)58-44-45(55,24-49)42(53)40(51)37(59-44)23-57-22-29-19-46-34-13-12-25(7-6-14-48)15-32(29)34/h4-5,10-13,15-19,26,37,40,42,44,48-49,51,53,55H,2-3,6-9,14,20-24H2,1H3/p+1. The second-order valence-electron chi connectivity index (χ2n) is 15.8. The Hall–Kier alpha value is -5.06. The fourth-order valence-electron chi connectivity index (χ4n) is 8.79. The minimum atomic E-state index is -2.55. The van der Waals surface area contributed by atoms with E-state index in [4.69, 9.17) is 18.9 Å². The number of hydrogen-bond donors (Lipinski definition) is 6. The summed E-state index contributed by atoms with van der Waals surface area (Å²) in [5, 5.41) is 66.4. The van der Waals surface area contributed by atoms with Crippen molar-refractivity contribution >= 4 is 28.7 Å². The maximum absolute atomic E-state index is 14.3. The van der Waals surface area contributed by atoms with Crippen molar-refractivity contribution in [1.82, 2.24) is 4.90 Å². The van der Waals surface area contributed by atoms with Crippen LogP contribution >= 0.6 is 0 Å². The largest absolute Gasteiger partial charge is 0.506 e. The molecule has 3 aromatic rings. The molecule has 0 aromatic heterocycles. The molecule has 1 saturated carbocycles. The topological polar surface area (TPSA) is 208 Å². The molecule has 6 N–H and O–H groups in total. The second-order valence-corrected chi connectivity index (χ2v) is 15.8. The summed E-state index contributed by atoms with van der Waals surface area (Å²) in [5.41, 5.74) is 2.95. The van der Waals surface area contributed by atoms with Gasteiger partial charge in [-0.3, -0.25) is 9.59 Å². The number of ketones is 1. The smallest absolute Gasteiger partial charge is 0.254 e. The highest BCUT2D eigenvalue weighted by atomic mass is 16.7. The fourth-order valence-corrected chi connectivity index (χ4v) is 8.79. The molecule has 14 nitrogen and oxygen atoms in total. The molecule has 0 spiro atoms. The van der Waals surface area contributed by atoms with Gasteiger partial charge in [0.05, 0.1) is 49.6 Å². The van der Waals surface area contributed by atoms with Gasteiger partial charge in [0.1, 0.15) is 47.7 Å². The van der Waals surface area contributed by atoms with E-state index < -0.39 is 48.3 Å². The van der Waals surface area contributed by atoms with E-state index in [9.17, 15) is 40.2 Å². The Morgan fingerprint density at radius 2 is 1.90 bits per heavy atom. The zero-order valence-corrected chi connectivity index (χ0v) is 32.8. The molecule has 3 heterocycles. The molecule has 14 heteroatoms. The van der Waals surface area contributed by atoms with Crippen molar-refractivity contribution in [2.45, 2.75) is 81.2 Å². The van der Waals surface area contributed by atoms with E-state index in [-0.39, 0.29) is 61.4 Å². The van der Waals surface area contributed by atoms with E-state index >= 15 is 0 Å². The molecule has 5 unspecified atom stereocenters. The van der Waals surface area contributed by atoms with Gasteiger partial charge in [-0.25, -0.2) is 0 Å². The SMILES string of the molecule is COc1cc(OC2OC(COCC3=C4[CH+]C(CCCO)=CC=C4N=C3)C(O)C(O)C2(O)CO)c2c(O)c(C(=O)CN3Cc4ccccc4C3=O)c(C3CCCC3)cc2c1. The van der Waals surface area contributed by atoms with E-state index in [1.54, 1.807) is 24.4 Å². The molecule has 2 aliphatic carbocycles. The minimum Gasteiger partial charge on any atom is -0.506 e. The molecule has 5 atom stereocenters. The normalized spacial score (nSPS) is 25.3. The number of phenolic OH excluding ortho intramolecular Hbond substituents is 1. The highest BCUT2D eigenvalue weighted by Gasteiger charge is 2.56. The van der Waals surface area contributed by atoms with Gasteiger partial charge in [0.2, 0.25) is 6.29 Å². The number of ether oxygens (including phenoxy) is 4. The van der Waals surface area contributed by atoms with Gasteiger partial charge in [-0.1, -0.05) is 31.0 Å². The number of aromatic hydroxyl groups is 1. The first-order chi connectivity index (χ1) is 28.5. The molecular weight excluding hydrogens is 760 g/mol. The molecule has 1 amide bonds. The van der Waals surface area contributed by atoms with Crippen LogP contribution in [0.2, 0.25) is 0 Å². The second kappa shape index (κ2) is 16.9. The number of hydrogen-bond acceptors (Lipinski definition) is 13. The van der Waals surface area contributed by atoms with Crippen molar-refractivity contribution in [3.05, 3.63) is 106 Å². The molecule has 8 rings (SSSR count). The van der Waals surface area contributed by atoms with Crippen LogP contribution in [-0.2, 0) is 16.0 Å². The summed E-state index contributed by atoms with van der Waals surface area (Å²) in [6.07, 6.45) is 5.62. The number of rotatable bonds is 15. The first-order valence-corrected chi connectivity index (χ1v) is 20.1. The third-order valence-corrected chi connectivity index (χ3v) is 12.1. The maximum Gasteiger partial charge on any atom is 0.254 e. The summed E-state index contributed by atoms with van der Waals surface area (Å²) in [6, 6.07) is 12.1. The van der Waals surface area contributed by atoms with Crippen molar-refractivity contribution in [3.8, 4) is 17.2 Å². The summed E-state index contributed by atoms with van der Waals surface area (Å²) < 4.78 is 24.0. The van der Waals surface area contributed by atoms with E-state index in [2.05, 4.69) is 4.99 Å². The average molecular weight is 810 g/mol. The lowest BCUT2D eigenvalue weighted by Gasteiger charge is -2.47. The third-order valence-electron chi connectivity index (χ3n) is 12.1. The molecule has 5 aliphatic rings. The molecule has 0 bridgehead atoms. The number of methoxy groups -OCH3 is 1. The van der Waals surface area contributed by atoms with Crippen LogP contribution in [0.5, 0.6) is 17.2 Å². The number of nitrogens with zero attached hydrogens (tertiary/aromatic N) is 2. The highest BCUT2D eigenvalue weighted by Crippen LogP contribution is 2.47. The lowest BCUT2D eigenvalue weighted by atomic mass is 9.86. The van der Waals surface area contributed by atoms with E-state index in [0.29, 0.717) is 35.1 Å². The van der Waals surface area contributed by atoms with Crippen LogP contribution in [0.15, 0.2) is 82.0 Å². The van der Waals surface area contributed by atoms with Gasteiger partial charge < -0.3 is 54.5 Å². The number of phenols is 1. The number of allylic oxidation sites excluding steroid dienone is 4. The van der Waals surface area contributed by atoms with Gasteiger partial charge >= 0.3 is 0 Å². The maximum atomic E-state index is 14.3. The molecule has 59 heavy (non-hydrogen) atoms. The third kappa shape index (κ3) is 7.66.